The molecule has 0 spiro atoms. The zero-order valence-electron chi connectivity index (χ0n) is 20.2. The lowest BCUT2D eigenvalue weighted by atomic mass is 10.1. The minimum Gasteiger partial charge on any atom is -0.460 e. The topological polar surface area (TPSA) is 129 Å². The lowest BCUT2D eigenvalue weighted by Gasteiger charge is -2.18. The molecule has 36 heavy (non-hydrogen) atoms. The highest BCUT2D eigenvalue weighted by Gasteiger charge is 2.18. The fraction of sp³-hybridized carbons (Fsp3) is 0.308. The number of hydrogen-bond acceptors (Lipinski definition) is 8. The van der Waals surface area contributed by atoms with Gasteiger partial charge in [-0.2, -0.15) is 0 Å². The van der Waals surface area contributed by atoms with Crippen LogP contribution in [0.5, 0.6) is 0 Å². The number of rotatable bonds is 12. The third-order valence-electron chi connectivity index (χ3n) is 4.68. The zero-order valence-corrected chi connectivity index (χ0v) is 20.2. The number of esters is 2. The van der Waals surface area contributed by atoms with E-state index in [4.69, 9.17) is 18.9 Å². The summed E-state index contributed by atoms with van der Waals surface area (Å²) in [6.07, 6.45) is 0.549. The molecule has 0 unspecified atom stereocenters. The molecular formula is C26H30N2O8. The second kappa shape index (κ2) is 15.5. The van der Waals surface area contributed by atoms with Gasteiger partial charge in [0.15, 0.2) is 0 Å². The molecule has 0 saturated carbocycles. The number of carbonyl (C=O) groups is 4. The van der Waals surface area contributed by atoms with Crippen LogP contribution in [0.4, 0.5) is 9.59 Å². The van der Waals surface area contributed by atoms with Gasteiger partial charge >= 0.3 is 24.1 Å². The van der Waals surface area contributed by atoms with E-state index in [2.05, 4.69) is 10.6 Å². The molecule has 0 aliphatic heterocycles. The van der Waals surface area contributed by atoms with E-state index in [-0.39, 0.29) is 26.4 Å². The number of nitrogens with one attached hydrogen (secondary N) is 2. The number of carbonyl (C=O) groups excluding carboxylic acids is 4. The van der Waals surface area contributed by atoms with Crippen LogP contribution in [0.1, 0.15) is 37.1 Å². The molecular weight excluding hydrogens is 468 g/mol. The molecule has 2 aromatic rings. The van der Waals surface area contributed by atoms with E-state index in [0.29, 0.717) is 11.1 Å². The number of hydrogen-bond donors (Lipinski definition) is 2. The lowest BCUT2D eigenvalue weighted by Crippen LogP contribution is -2.32. The Morgan fingerprint density at radius 1 is 0.639 bits per heavy atom. The SMILES string of the molecule is CCOC(=O)N[C@H](COC(=O)/C=C/C(=O)OC[C@@H](NC(=O)OCC)c1ccccc1)c1ccccc1. The molecule has 0 heterocycles. The van der Waals surface area contributed by atoms with Crippen LogP contribution in [-0.2, 0) is 28.5 Å². The van der Waals surface area contributed by atoms with E-state index in [1.165, 1.54) is 0 Å². The molecule has 2 atom stereocenters. The summed E-state index contributed by atoms with van der Waals surface area (Å²) >= 11 is 0. The summed E-state index contributed by atoms with van der Waals surface area (Å²) in [6, 6.07) is 16.6. The largest absolute Gasteiger partial charge is 0.460 e. The number of alkyl carbamates (subject to hydrolysis) is 2. The normalized spacial score (nSPS) is 12.2. The fourth-order valence-corrected chi connectivity index (χ4v) is 3.01. The van der Waals surface area contributed by atoms with Gasteiger partial charge in [0.2, 0.25) is 0 Å². The van der Waals surface area contributed by atoms with Crippen LogP contribution in [0.25, 0.3) is 0 Å². The van der Waals surface area contributed by atoms with Crippen molar-refractivity contribution in [3.05, 3.63) is 83.9 Å². The van der Waals surface area contributed by atoms with E-state index in [9.17, 15) is 19.2 Å². The summed E-state index contributed by atoms with van der Waals surface area (Å²) < 4.78 is 20.2. The second-order valence-corrected chi connectivity index (χ2v) is 7.25. The minimum atomic E-state index is -0.803. The van der Waals surface area contributed by atoms with Gasteiger partial charge in [0.1, 0.15) is 13.2 Å². The first-order valence-electron chi connectivity index (χ1n) is 11.4. The fourth-order valence-electron chi connectivity index (χ4n) is 3.01. The molecule has 10 nitrogen and oxygen atoms in total. The Morgan fingerprint density at radius 2 is 1.00 bits per heavy atom. The standard InChI is InChI=1S/C26H30N2O8/c1-3-33-25(31)27-21(19-11-7-5-8-12-19)17-35-23(29)15-16-24(30)36-18-22(28-26(32)34-4-2)20-13-9-6-10-14-20/h5-16,21-22H,3-4,17-18H2,1-2H3,(H,27,31)(H,28,32)/b16-15+/t21-,22-/m1/s1. The van der Waals surface area contributed by atoms with Crippen molar-refractivity contribution >= 4 is 24.1 Å². The van der Waals surface area contributed by atoms with E-state index in [1.807, 2.05) is 12.1 Å². The smallest absolute Gasteiger partial charge is 0.407 e. The van der Waals surface area contributed by atoms with Crippen LogP contribution in [0.15, 0.2) is 72.8 Å². The van der Waals surface area contributed by atoms with E-state index in [1.54, 1.807) is 62.4 Å². The van der Waals surface area contributed by atoms with Crippen molar-refractivity contribution in [2.45, 2.75) is 25.9 Å². The van der Waals surface area contributed by atoms with Crippen LogP contribution in [-0.4, -0.2) is 50.6 Å². The quantitative estimate of drug-likeness (QED) is 0.258. The Hall–Kier alpha value is -4.34. The highest BCUT2D eigenvalue weighted by molar-refractivity contribution is 5.91. The van der Waals surface area contributed by atoms with Gasteiger partial charge in [0.05, 0.1) is 25.3 Å². The average molecular weight is 499 g/mol. The molecule has 0 radical (unpaired) electrons. The van der Waals surface area contributed by atoms with Gasteiger partial charge in [-0.05, 0) is 25.0 Å². The number of benzene rings is 2. The average Bonchev–Trinajstić information content (AvgIpc) is 2.89. The zero-order chi connectivity index (χ0) is 26.2. The Balaban J connectivity index is 1.90. The Labute approximate surface area is 209 Å². The summed E-state index contributed by atoms with van der Waals surface area (Å²) in [5.74, 6) is -1.61. The molecule has 0 bridgehead atoms. The Kier molecular flexibility index (Phi) is 12.0. The summed E-state index contributed by atoms with van der Waals surface area (Å²) in [4.78, 5) is 47.9. The maximum Gasteiger partial charge on any atom is 0.407 e. The molecule has 0 aliphatic carbocycles. The molecule has 2 rings (SSSR count). The van der Waals surface area contributed by atoms with Crippen molar-refractivity contribution in [3.8, 4) is 0 Å². The first kappa shape index (κ1) is 27.9. The van der Waals surface area contributed by atoms with Crippen molar-refractivity contribution in [2.24, 2.45) is 0 Å². The Morgan fingerprint density at radius 3 is 1.33 bits per heavy atom. The van der Waals surface area contributed by atoms with Gasteiger partial charge in [0.25, 0.3) is 0 Å². The third kappa shape index (κ3) is 10.3. The van der Waals surface area contributed by atoms with Gasteiger partial charge in [0, 0.05) is 12.2 Å². The molecule has 0 aliphatic rings. The maximum atomic E-state index is 12.1. The maximum absolute atomic E-state index is 12.1. The molecule has 10 heteroatoms. The van der Waals surface area contributed by atoms with Crippen molar-refractivity contribution in [2.75, 3.05) is 26.4 Å². The summed E-state index contributed by atoms with van der Waals surface area (Å²) in [6.45, 7) is 3.38. The van der Waals surface area contributed by atoms with Gasteiger partial charge in [-0.1, -0.05) is 60.7 Å². The molecule has 2 amide bonds. The van der Waals surface area contributed by atoms with Crippen LogP contribution in [0.2, 0.25) is 0 Å². The highest BCUT2D eigenvalue weighted by atomic mass is 16.6. The highest BCUT2D eigenvalue weighted by Crippen LogP contribution is 2.15. The van der Waals surface area contributed by atoms with Crippen LogP contribution in [0.3, 0.4) is 0 Å². The van der Waals surface area contributed by atoms with Gasteiger partial charge in [-0.25, -0.2) is 19.2 Å². The monoisotopic (exact) mass is 498 g/mol. The van der Waals surface area contributed by atoms with Gasteiger partial charge in [-0.3, -0.25) is 0 Å². The van der Waals surface area contributed by atoms with Crippen molar-refractivity contribution < 1.29 is 38.1 Å². The van der Waals surface area contributed by atoms with Crippen LogP contribution >= 0.6 is 0 Å². The third-order valence-corrected chi connectivity index (χ3v) is 4.68. The lowest BCUT2D eigenvalue weighted by molar-refractivity contribution is -0.141. The molecule has 0 aromatic heterocycles. The molecule has 0 fully saturated rings. The van der Waals surface area contributed by atoms with Crippen molar-refractivity contribution in [1.29, 1.82) is 0 Å². The minimum absolute atomic E-state index is 0.180. The second-order valence-electron chi connectivity index (χ2n) is 7.25. The van der Waals surface area contributed by atoms with Crippen LogP contribution in [0, 0.1) is 0 Å². The predicted molar refractivity (Wildman–Crippen MR) is 130 cm³/mol. The van der Waals surface area contributed by atoms with E-state index in [0.717, 1.165) is 12.2 Å². The Bertz CT molecular complexity index is 930. The van der Waals surface area contributed by atoms with Crippen molar-refractivity contribution in [1.82, 2.24) is 10.6 Å². The molecule has 192 valence electrons. The van der Waals surface area contributed by atoms with E-state index < -0.39 is 36.2 Å². The summed E-state index contributed by atoms with van der Waals surface area (Å²) in [5.41, 5.74) is 1.42. The molecule has 0 saturated heterocycles. The first-order valence-corrected chi connectivity index (χ1v) is 11.4. The predicted octanol–water partition coefficient (Wildman–Crippen LogP) is 3.60. The molecule has 2 aromatic carbocycles. The van der Waals surface area contributed by atoms with Crippen LogP contribution < -0.4 is 10.6 Å². The van der Waals surface area contributed by atoms with Crippen molar-refractivity contribution in [3.63, 3.8) is 0 Å². The van der Waals surface area contributed by atoms with E-state index >= 15 is 0 Å². The molecule has 2 N–H and O–H groups in total. The van der Waals surface area contributed by atoms with Gasteiger partial charge in [-0.15, -0.1) is 0 Å². The number of amides is 2. The summed E-state index contributed by atoms with van der Waals surface area (Å²) in [5, 5.41) is 5.26. The first-order chi connectivity index (χ1) is 17.4. The summed E-state index contributed by atoms with van der Waals surface area (Å²) in [7, 11) is 0. The van der Waals surface area contributed by atoms with Gasteiger partial charge < -0.3 is 29.6 Å². The number of ether oxygens (including phenoxy) is 4.